The quantitative estimate of drug-likeness (QED) is 0.154. The van der Waals surface area contributed by atoms with Gasteiger partial charge in [0.05, 0.1) is 23.7 Å². The van der Waals surface area contributed by atoms with Crippen LogP contribution in [0, 0.1) is 5.92 Å². The molecule has 0 aliphatic carbocycles. The fraction of sp³-hybridized carbons (Fsp3) is 0.250. The van der Waals surface area contributed by atoms with Crippen LogP contribution in [-0.2, 0) is 39.7 Å². The molecule has 0 bridgehead atoms. The summed E-state index contributed by atoms with van der Waals surface area (Å²) in [5.74, 6) is 0.765. The molecule has 4 atom stereocenters. The van der Waals surface area contributed by atoms with Gasteiger partial charge in [-0.2, -0.15) is 0 Å². The van der Waals surface area contributed by atoms with Crippen molar-refractivity contribution >= 4 is 21.8 Å². The van der Waals surface area contributed by atoms with Crippen LogP contribution < -0.4 is 4.72 Å². The number of sulfonamides is 1. The highest BCUT2D eigenvalue weighted by Gasteiger charge is 2.38. The summed E-state index contributed by atoms with van der Waals surface area (Å²) < 4.78 is 43.6. The van der Waals surface area contributed by atoms with Gasteiger partial charge in [-0.1, -0.05) is 97.5 Å². The van der Waals surface area contributed by atoms with Crippen molar-refractivity contribution in [1.82, 2.24) is 14.3 Å². The number of rotatable bonds is 11. The van der Waals surface area contributed by atoms with E-state index in [0.29, 0.717) is 5.75 Å². The number of thioether (sulfide) groups is 1. The van der Waals surface area contributed by atoms with E-state index in [2.05, 4.69) is 22.7 Å². The number of hydrogen-bond acceptors (Lipinski definition) is 7. The van der Waals surface area contributed by atoms with Gasteiger partial charge in [-0.15, -0.1) is 0 Å². The van der Waals surface area contributed by atoms with Gasteiger partial charge >= 0.3 is 0 Å². The van der Waals surface area contributed by atoms with Crippen LogP contribution >= 0.6 is 11.8 Å². The van der Waals surface area contributed by atoms with Crippen molar-refractivity contribution in [2.24, 2.45) is 13.0 Å². The molecule has 5 aromatic rings. The molecule has 1 aliphatic rings. The molecule has 10 heteroatoms. The minimum Gasteiger partial charge on any atom is -0.392 e. The third kappa shape index (κ3) is 7.44. The molecule has 0 amide bonds. The predicted molar refractivity (Wildman–Crippen MR) is 179 cm³/mol. The summed E-state index contributed by atoms with van der Waals surface area (Å²) in [5.41, 5.74) is 5.55. The summed E-state index contributed by atoms with van der Waals surface area (Å²) in [6.45, 7) is 2.31. The molecule has 8 nitrogen and oxygen atoms in total. The second kappa shape index (κ2) is 14.3. The molecule has 1 saturated heterocycles. The van der Waals surface area contributed by atoms with Crippen LogP contribution in [0.25, 0.3) is 11.1 Å². The summed E-state index contributed by atoms with van der Waals surface area (Å²) in [4.78, 5) is 4.71. The van der Waals surface area contributed by atoms with Gasteiger partial charge in [-0.3, -0.25) is 0 Å². The monoisotopic (exact) mass is 655 g/mol. The fourth-order valence-electron chi connectivity index (χ4n) is 5.54. The maximum absolute atomic E-state index is 12.8. The Kier molecular flexibility index (Phi) is 10.0. The number of aliphatic hydroxyl groups is 1. The first-order chi connectivity index (χ1) is 22.3. The van der Waals surface area contributed by atoms with Crippen molar-refractivity contribution < 1.29 is 23.0 Å². The molecule has 4 aromatic carbocycles. The Morgan fingerprint density at radius 3 is 2.33 bits per heavy atom. The van der Waals surface area contributed by atoms with E-state index in [4.69, 9.17) is 9.47 Å². The van der Waals surface area contributed by atoms with Gasteiger partial charge in [0.15, 0.2) is 11.4 Å². The molecule has 2 heterocycles. The highest BCUT2D eigenvalue weighted by atomic mass is 32.2. The van der Waals surface area contributed by atoms with E-state index in [9.17, 15) is 13.5 Å². The number of imidazole rings is 1. The number of hydrogen-bond donors (Lipinski definition) is 2. The lowest BCUT2D eigenvalue weighted by Gasteiger charge is -2.41. The Hall–Kier alpha value is -3.77. The molecule has 0 radical (unpaired) electrons. The molecular formula is C36H37N3O5S2. The van der Waals surface area contributed by atoms with E-state index in [-0.39, 0.29) is 36.2 Å². The van der Waals surface area contributed by atoms with Gasteiger partial charge in [0.2, 0.25) is 10.0 Å². The number of nitrogens with zero attached hydrogens (tertiary/aromatic N) is 2. The van der Waals surface area contributed by atoms with Crippen LogP contribution in [0.5, 0.6) is 0 Å². The average Bonchev–Trinajstić information content (AvgIpc) is 3.51. The fourth-order valence-corrected chi connectivity index (χ4v) is 7.68. The first kappa shape index (κ1) is 32.2. The lowest BCUT2D eigenvalue weighted by Crippen LogP contribution is -2.38. The number of aliphatic hydroxyl groups excluding tert-OH is 1. The number of ether oxygens (including phenoxy) is 2. The van der Waals surface area contributed by atoms with E-state index >= 15 is 0 Å². The highest BCUT2D eigenvalue weighted by molar-refractivity contribution is 7.99. The number of aromatic nitrogens is 2. The van der Waals surface area contributed by atoms with E-state index in [1.54, 1.807) is 48.3 Å². The van der Waals surface area contributed by atoms with Crippen molar-refractivity contribution in [2.45, 2.75) is 48.6 Å². The van der Waals surface area contributed by atoms with Crippen molar-refractivity contribution in [3.63, 3.8) is 0 Å². The molecule has 0 spiro atoms. The van der Waals surface area contributed by atoms with Crippen molar-refractivity contribution in [3.05, 3.63) is 138 Å². The Balaban J connectivity index is 1.23. The zero-order valence-electron chi connectivity index (χ0n) is 25.7. The van der Waals surface area contributed by atoms with Crippen molar-refractivity contribution in [1.29, 1.82) is 0 Å². The zero-order chi connectivity index (χ0) is 32.1. The summed E-state index contributed by atoms with van der Waals surface area (Å²) in [7, 11) is -1.64. The second-order valence-electron chi connectivity index (χ2n) is 11.4. The lowest BCUT2D eigenvalue weighted by atomic mass is 9.91. The SMILES string of the molecule is C[C@@H]1[C@H](CSc2nccn2C)O[C@H](c2cccc(-c3cccc(CNS(=O)(=O)c4ccccc4)c3)c2)O[C@@H]1c1ccc(CO)cc1. The molecule has 6 rings (SSSR count). The number of aryl methyl sites for hydroxylation is 1. The molecule has 238 valence electrons. The first-order valence-electron chi connectivity index (χ1n) is 15.2. The predicted octanol–water partition coefficient (Wildman–Crippen LogP) is 6.64. The molecule has 2 N–H and O–H groups in total. The smallest absolute Gasteiger partial charge is 0.240 e. The van der Waals surface area contributed by atoms with Gasteiger partial charge in [0.25, 0.3) is 0 Å². The van der Waals surface area contributed by atoms with Crippen LogP contribution in [-0.4, -0.2) is 34.9 Å². The largest absolute Gasteiger partial charge is 0.392 e. The minimum absolute atomic E-state index is 0.0110. The van der Waals surface area contributed by atoms with Gasteiger partial charge in [0.1, 0.15) is 0 Å². The lowest BCUT2D eigenvalue weighted by molar-refractivity contribution is -0.268. The van der Waals surface area contributed by atoms with Gasteiger partial charge in [-0.25, -0.2) is 18.1 Å². The Morgan fingerprint density at radius 1 is 0.870 bits per heavy atom. The standard InChI is InChI=1S/C36H37N3O5S2/c1-25-33(24-45-36-37-18-19-39(36)2)43-35(44-34(25)28-16-14-26(23-40)15-17-28)31-11-7-10-30(21-31)29-9-6-8-27(20-29)22-38-46(41,42)32-12-4-3-5-13-32/h3-21,25,33-35,38,40H,22-24H2,1-2H3/t25-,33+,34+,35+/m1/s1. The third-order valence-electron chi connectivity index (χ3n) is 8.22. The highest BCUT2D eigenvalue weighted by Crippen LogP contribution is 2.43. The van der Waals surface area contributed by atoms with Crippen LogP contribution in [0.1, 0.15) is 41.6 Å². The zero-order valence-corrected chi connectivity index (χ0v) is 27.3. The second-order valence-corrected chi connectivity index (χ2v) is 14.2. The summed E-state index contributed by atoms with van der Waals surface area (Å²) >= 11 is 1.66. The molecule has 1 aromatic heterocycles. The molecule has 1 aliphatic heterocycles. The summed E-state index contributed by atoms with van der Waals surface area (Å²) in [6, 6.07) is 32.2. The molecular weight excluding hydrogens is 619 g/mol. The number of benzene rings is 4. The third-order valence-corrected chi connectivity index (χ3v) is 10.8. The molecule has 0 unspecified atom stereocenters. The van der Waals surface area contributed by atoms with E-state index in [1.807, 2.05) is 84.5 Å². The Labute approximate surface area is 274 Å². The summed E-state index contributed by atoms with van der Waals surface area (Å²) in [6.07, 6.45) is 2.79. The average molecular weight is 656 g/mol. The van der Waals surface area contributed by atoms with Crippen LogP contribution in [0.4, 0.5) is 0 Å². The van der Waals surface area contributed by atoms with Gasteiger partial charge in [-0.05, 0) is 52.1 Å². The van der Waals surface area contributed by atoms with E-state index in [1.165, 1.54) is 0 Å². The molecule has 46 heavy (non-hydrogen) atoms. The topological polar surface area (TPSA) is 103 Å². The van der Waals surface area contributed by atoms with Gasteiger partial charge < -0.3 is 19.1 Å². The minimum atomic E-state index is -3.62. The normalized spacial score (nSPS) is 20.1. The maximum Gasteiger partial charge on any atom is 0.240 e. The first-order valence-corrected chi connectivity index (χ1v) is 17.6. The van der Waals surface area contributed by atoms with Crippen LogP contribution in [0.3, 0.4) is 0 Å². The van der Waals surface area contributed by atoms with Gasteiger partial charge in [0, 0.05) is 43.2 Å². The maximum atomic E-state index is 12.8. The van der Waals surface area contributed by atoms with Crippen molar-refractivity contribution in [3.8, 4) is 11.1 Å². The summed E-state index contributed by atoms with van der Waals surface area (Å²) in [5, 5.41) is 10.5. The van der Waals surface area contributed by atoms with E-state index in [0.717, 1.165) is 38.5 Å². The molecule has 1 fully saturated rings. The van der Waals surface area contributed by atoms with E-state index < -0.39 is 16.3 Å². The van der Waals surface area contributed by atoms with Crippen LogP contribution in [0.15, 0.2) is 126 Å². The number of nitrogens with one attached hydrogen (secondary N) is 1. The Morgan fingerprint density at radius 2 is 1.61 bits per heavy atom. The Bertz CT molecular complexity index is 1860. The molecule has 0 saturated carbocycles. The van der Waals surface area contributed by atoms with Crippen LogP contribution in [0.2, 0.25) is 0 Å². The van der Waals surface area contributed by atoms with Crippen molar-refractivity contribution in [2.75, 3.05) is 5.75 Å².